The first-order valence-corrected chi connectivity index (χ1v) is 4.32. The number of hydrogen-bond acceptors (Lipinski definition) is 7. The van der Waals surface area contributed by atoms with Crippen LogP contribution in [0.25, 0.3) is 0 Å². The second kappa shape index (κ2) is 8.08. The lowest BCUT2D eigenvalue weighted by Gasteiger charge is -2.20. The van der Waals surface area contributed by atoms with Gasteiger partial charge in [-0.1, -0.05) is 0 Å². The zero-order valence-electron chi connectivity index (χ0n) is 8.32. The fourth-order valence-electron chi connectivity index (χ4n) is 0.775. The summed E-state index contributed by atoms with van der Waals surface area (Å²) in [6.07, 6.45) is 0.149. The molecule has 0 spiro atoms. The fourth-order valence-corrected chi connectivity index (χ4v) is 0.775. The number of nitrogens with zero attached hydrogens (tertiary/aromatic N) is 1. The third-order valence-electron chi connectivity index (χ3n) is 1.43. The molecule has 2 amide bonds. The Balaban J connectivity index is 3.72. The maximum absolute atomic E-state index is 11.0. The molecule has 0 atom stereocenters. The third kappa shape index (κ3) is 7.78. The van der Waals surface area contributed by atoms with E-state index in [1.807, 2.05) is 0 Å². The van der Waals surface area contributed by atoms with Crippen molar-refractivity contribution in [2.45, 2.75) is 6.42 Å². The quantitative estimate of drug-likeness (QED) is 0.138. The molecule has 88 valence electrons. The summed E-state index contributed by atoms with van der Waals surface area (Å²) in [5.41, 5.74) is 14.9. The molecular formula is C6H17N7O2. The number of carbonyl (C=O) groups is 2. The number of amides is 2. The van der Waals surface area contributed by atoms with Gasteiger partial charge in [0, 0.05) is 13.0 Å². The van der Waals surface area contributed by atoms with Crippen LogP contribution in [0.2, 0.25) is 0 Å². The second-order valence-electron chi connectivity index (χ2n) is 2.64. The Morgan fingerprint density at radius 2 is 2.00 bits per heavy atom. The third-order valence-corrected chi connectivity index (χ3v) is 1.43. The van der Waals surface area contributed by atoms with Crippen molar-refractivity contribution in [3.63, 3.8) is 0 Å². The lowest BCUT2D eigenvalue weighted by Crippen LogP contribution is -2.56. The monoisotopic (exact) mass is 219 g/mol. The van der Waals surface area contributed by atoms with Crippen LogP contribution in [-0.2, 0) is 9.59 Å². The van der Waals surface area contributed by atoms with E-state index in [9.17, 15) is 9.59 Å². The second-order valence-corrected chi connectivity index (χ2v) is 2.64. The van der Waals surface area contributed by atoms with E-state index in [1.54, 1.807) is 0 Å². The van der Waals surface area contributed by atoms with Gasteiger partial charge in [0.25, 0.3) is 0 Å². The predicted molar refractivity (Wildman–Crippen MR) is 53.0 cm³/mol. The molecule has 0 aromatic carbocycles. The Labute approximate surface area is 87.2 Å². The molecule has 0 aliphatic rings. The summed E-state index contributed by atoms with van der Waals surface area (Å²) in [5, 5.41) is 3.60. The van der Waals surface area contributed by atoms with Gasteiger partial charge in [-0.05, 0) is 0 Å². The van der Waals surface area contributed by atoms with E-state index in [0.717, 1.165) is 0 Å². The summed E-state index contributed by atoms with van der Waals surface area (Å²) < 4.78 is 0. The van der Waals surface area contributed by atoms with Gasteiger partial charge in [-0.2, -0.15) is 10.7 Å². The minimum Gasteiger partial charge on any atom is -0.370 e. The van der Waals surface area contributed by atoms with Gasteiger partial charge in [0.2, 0.25) is 11.8 Å². The standard InChI is InChI=1S/C6H17N7O2/c7-4-10-6(15)3-13(12-9)11-2-1-5(8)14/h11-12H,1-4,7,9H2,(H2,8,14)(H,10,15). The minimum absolute atomic E-state index is 0.0353. The van der Waals surface area contributed by atoms with E-state index in [2.05, 4.69) is 16.3 Å². The van der Waals surface area contributed by atoms with E-state index < -0.39 is 5.91 Å². The highest BCUT2D eigenvalue weighted by atomic mass is 16.2. The number of nitrogens with one attached hydrogen (secondary N) is 3. The fraction of sp³-hybridized carbons (Fsp3) is 0.667. The van der Waals surface area contributed by atoms with Crippen LogP contribution in [-0.4, -0.2) is 36.7 Å². The zero-order valence-corrected chi connectivity index (χ0v) is 8.32. The summed E-state index contributed by atoms with van der Waals surface area (Å²) in [4.78, 5) is 21.5. The first-order valence-electron chi connectivity index (χ1n) is 4.32. The minimum atomic E-state index is -0.439. The summed E-state index contributed by atoms with van der Waals surface area (Å²) in [6.45, 7) is 0.306. The normalized spacial score (nSPS) is 10.3. The van der Waals surface area contributed by atoms with Crippen LogP contribution >= 0.6 is 0 Å². The summed E-state index contributed by atoms with van der Waals surface area (Å²) in [6, 6.07) is 0. The molecule has 15 heavy (non-hydrogen) atoms. The lowest BCUT2D eigenvalue weighted by atomic mass is 10.4. The molecule has 0 aliphatic heterocycles. The maximum Gasteiger partial charge on any atom is 0.238 e. The van der Waals surface area contributed by atoms with Crippen LogP contribution < -0.4 is 33.6 Å². The van der Waals surface area contributed by atoms with Gasteiger partial charge in [-0.3, -0.25) is 15.4 Å². The van der Waals surface area contributed by atoms with Gasteiger partial charge in [0.05, 0.1) is 6.67 Å². The molecule has 0 aliphatic carbocycles. The Morgan fingerprint density at radius 3 is 2.47 bits per heavy atom. The molecule has 9 N–H and O–H groups in total. The van der Waals surface area contributed by atoms with Crippen molar-refractivity contribution in [2.24, 2.45) is 17.3 Å². The van der Waals surface area contributed by atoms with Crippen LogP contribution in [0.1, 0.15) is 6.42 Å². The van der Waals surface area contributed by atoms with Crippen molar-refractivity contribution in [3.8, 4) is 0 Å². The van der Waals surface area contributed by atoms with Crippen LogP contribution in [0.15, 0.2) is 0 Å². The molecule has 0 aromatic heterocycles. The summed E-state index contributed by atoms with van der Waals surface area (Å²) in [7, 11) is 0. The molecule has 0 bridgehead atoms. The predicted octanol–water partition coefficient (Wildman–Crippen LogP) is -3.92. The van der Waals surface area contributed by atoms with Crippen LogP contribution in [0.5, 0.6) is 0 Å². The molecule has 0 radical (unpaired) electrons. The molecule has 0 saturated heterocycles. The van der Waals surface area contributed by atoms with Gasteiger partial charge in [0.15, 0.2) is 0 Å². The number of rotatable bonds is 8. The number of hydrazine groups is 3. The van der Waals surface area contributed by atoms with Gasteiger partial charge >= 0.3 is 0 Å². The van der Waals surface area contributed by atoms with E-state index in [4.69, 9.17) is 17.3 Å². The maximum atomic E-state index is 11.0. The van der Waals surface area contributed by atoms with E-state index in [0.29, 0.717) is 0 Å². The van der Waals surface area contributed by atoms with Crippen molar-refractivity contribution < 1.29 is 9.59 Å². The Kier molecular flexibility index (Phi) is 7.40. The van der Waals surface area contributed by atoms with Gasteiger partial charge in [-0.25, -0.2) is 5.43 Å². The van der Waals surface area contributed by atoms with Crippen LogP contribution in [0.4, 0.5) is 0 Å². The molecule has 0 unspecified atom stereocenters. The largest absolute Gasteiger partial charge is 0.370 e. The zero-order chi connectivity index (χ0) is 11.7. The van der Waals surface area contributed by atoms with Crippen molar-refractivity contribution in [2.75, 3.05) is 19.8 Å². The average Bonchev–Trinajstić information content (AvgIpc) is 2.16. The number of hydrogen-bond donors (Lipinski definition) is 6. The van der Waals surface area contributed by atoms with E-state index >= 15 is 0 Å². The number of primary amides is 1. The lowest BCUT2D eigenvalue weighted by molar-refractivity contribution is -0.124. The van der Waals surface area contributed by atoms with Gasteiger partial charge in [0.1, 0.15) is 6.54 Å². The molecular weight excluding hydrogens is 202 g/mol. The van der Waals surface area contributed by atoms with Crippen molar-refractivity contribution in [1.82, 2.24) is 21.4 Å². The van der Waals surface area contributed by atoms with Crippen molar-refractivity contribution >= 4 is 11.8 Å². The van der Waals surface area contributed by atoms with Crippen LogP contribution in [0, 0.1) is 0 Å². The molecule has 0 heterocycles. The Hall–Kier alpha value is -1.26. The molecule has 9 heteroatoms. The molecule has 9 nitrogen and oxygen atoms in total. The highest BCUT2D eigenvalue weighted by molar-refractivity contribution is 5.77. The average molecular weight is 219 g/mol. The van der Waals surface area contributed by atoms with Crippen LogP contribution in [0.3, 0.4) is 0 Å². The summed E-state index contributed by atoms with van der Waals surface area (Å²) in [5.74, 6) is 4.38. The first-order chi connectivity index (χ1) is 7.10. The first kappa shape index (κ1) is 13.7. The molecule has 0 saturated carbocycles. The highest BCUT2D eigenvalue weighted by Gasteiger charge is 2.07. The van der Waals surface area contributed by atoms with E-state index in [-0.39, 0.29) is 32.1 Å². The number of nitrogens with two attached hydrogens (primary N) is 3. The topological polar surface area (TPSA) is 152 Å². The molecule has 0 fully saturated rings. The number of carbonyl (C=O) groups excluding carboxylic acids is 2. The van der Waals surface area contributed by atoms with E-state index in [1.165, 1.54) is 5.12 Å². The molecule has 0 rings (SSSR count). The van der Waals surface area contributed by atoms with Gasteiger partial charge < -0.3 is 16.8 Å². The highest BCUT2D eigenvalue weighted by Crippen LogP contribution is 1.77. The summed E-state index contributed by atoms with van der Waals surface area (Å²) >= 11 is 0. The Bertz CT molecular complexity index is 210. The van der Waals surface area contributed by atoms with Crippen molar-refractivity contribution in [3.05, 3.63) is 0 Å². The Morgan fingerprint density at radius 1 is 1.33 bits per heavy atom. The smallest absolute Gasteiger partial charge is 0.238 e. The molecule has 0 aromatic rings. The van der Waals surface area contributed by atoms with Gasteiger partial charge in [-0.15, -0.1) is 0 Å². The van der Waals surface area contributed by atoms with Crippen molar-refractivity contribution in [1.29, 1.82) is 0 Å². The SMILES string of the molecule is NCNC(=O)CN(NN)NCCC(N)=O.